The van der Waals surface area contributed by atoms with Crippen molar-refractivity contribution in [2.75, 3.05) is 17.7 Å². The predicted octanol–water partition coefficient (Wildman–Crippen LogP) is 6.90. The quantitative estimate of drug-likeness (QED) is 0.353. The van der Waals surface area contributed by atoms with Crippen LogP contribution in [0.1, 0.15) is 19.3 Å². The normalized spacial score (nSPS) is 15.3. The van der Waals surface area contributed by atoms with E-state index in [-0.39, 0.29) is 6.04 Å². The zero-order chi connectivity index (χ0) is 23.9. The minimum absolute atomic E-state index is 0.115. The second-order valence-corrected chi connectivity index (χ2v) is 8.17. The van der Waals surface area contributed by atoms with Crippen molar-refractivity contribution in [2.45, 2.75) is 25.3 Å². The first-order valence-electron chi connectivity index (χ1n) is 11.5. The summed E-state index contributed by atoms with van der Waals surface area (Å²) in [5.41, 5.74) is 3.99. The van der Waals surface area contributed by atoms with Gasteiger partial charge in [0.15, 0.2) is 11.5 Å². The van der Waals surface area contributed by atoms with E-state index in [1.807, 2.05) is 48.5 Å². The number of rotatable bonds is 9. The molecule has 0 saturated carbocycles. The fraction of sp³-hybridized carbons (Fsp3) is 0.179. The van der Waals surface area contributed by atoms with E-state index in [1.54, 1.807) is 25.8 Å². The number of para-hydroxylation sites is 1. The minimum atomic E-state index is -0.115. The summed E-state index contributed by atoms with van der Waals surface area (Å²) in [6.45, 7) is 0. The highest BCUT2D eigenvalue weighted by Gasteiger charge is 2.22. The summed E-state index contributed by atoms with van der Waals surface area (Å²) < 4.78 is 22.5. The van der Waals surface area contributed by atoms with Gasteiger partial charge >= 0.3 is 0 Å². The molecular formula is C28H27N3O4. The van der Waals surface area contributed by atoms with Crippen LogP contribution >= 0.6 is 0 Å². The summed E-state index contributed by atoms with van der Waals surface area (Å²) in [6.07, 6.45) is 15.8. The Hall–Kier alpha value is -4.39. The van der Waals surface area contributed by atoms with E-state index in [1.165, 1.54) is 11.8 Å². The third-order valence-corrected chi connectivity index (χ3v) is 5.78. The summed E-state index contributed by atoms with van der Waals surface area (Å²) >= 11 is 0. The zero-order valence-corrected chi connectivity index (χ0v) is 19.4. The van der Waals surface area contributed by atoms with Gasteiger partial charge in [0.05, 0.1) is 19.3 Å². The van der Waals surface area contributed by atoms with E-state index in [0.717, 1.165) is 47.7 Å². The average Bonchev–Trinajstić information content (AvgIpc) is 3.38. The lowest BCUT2D eigenvalue weighted by molar-refractivity contribution is 0.240. The maximum absolute atomic E-state index is 6.06. The first kappa shape index (κ1) is 22.4. The standard InChI is InChI=1S/C28H27N3O4/c1-32-22-11-7-10-21(17-22)30-28-29-18-26(35-28)23-12-5-6-13-24(23)31-25(27-19-33-14-15-34-27)16-20-8-3-2-4-9-20/h2-3,5-8,10-15,17-19,25,31H,4,9,16H2,1H3,(H,29,30). The van der Waals surface area contributed by atoms with Crippen molar-refractivity contribution in [2.24, 2.45) is 0 Å². The highest BCUT2D eigenvalue weighted by atomic mass is 16.5. The van der Waals surface area contributed by atoms with Crippen LogP contribution in [0.5, 0.6) is 5.75 Å². The third-order valence-electron chi connectivity index (χ3n) is 5.78. The lowest BCUT2D eigenvalue weighted by Crippen LogP contribution is -2.25. The van der Waals surface area contributed by atoms with Crippen LogP contribution < -0.4 is 15.4 Å². The van der Waals surface area contributed by atoms with Gasteiger partial charge in [-0.25, -0.2) is 4.98 Å². The molecule has 2 aliphatic rings. The van der Waals surface area contributed by atoms with Gasteiger partial charge < -0.3 is 29.3 Å². The Morgan fingerprint density at radius 1 is 1.11 bits per heavy atom. The Labute approximate surface area is 204 Å². The SMILES string of the molecule is COc1cccc(Nc2ncc(-c3ccccc3NC(CC3=CC=CCC3)C3=COC=CO3)o2)c1. The van der Waals surface area contributed by atoms with Gasteiger partial charge in [0.1, 0.15) is 24.5 Å². The lowest BCUT2D eigenvalue weighted by Gasteiger charge is -2.25. The monoisotopic (exact) mass is 469 g/mol. The lowest BCUT2D eigenvalue weighted by atomic mass is 9.96. The van der Waals surface area contributed by atoms with E-state index in [4.69, 9.17) is 18.6 Å². The number of hydrogen-bond acceptors (Lipinski definition) is 7. The smallest absolute Gasteiger partial charge is 0.299 e. The maximum atomic E-state index is 6.06. The van der Waals surface area contributed by atoms with Crippen LogP contribution in [0, 0.1) is 0 Å². The van der Waals surface area contributed by atoms with Crippen molar-refractivity contribution in [3.63, 3.8) is 0 Å². The van der Waals surface area contributed by atoms with Crippen LogP contribution in [0.25, 0.3) is 11.3 Å². The molecule has 1 aliphatic heterocycles. The first-order chi connectivity index (χ1) is 17.3. The van der Waals surface area contributed by atoms with E-state index in [0.29, 0.717) is 11.8 Å². The van der Waals surface area contributed by atoms with Crippen LogP contribution in [-0.2, 0) is 9.47 Å². The van der Waals surface area contributed by atoms with Gasteiger partial charge in [-0.05, 0) is 43.5 Å². The molecule has 2 N–H and O–H groups in total. The van der Waals surface area contributed by atoms with Crippen molar-refractivity contribution in [3.8, 4) is 17.1 Å². The number of benzene rings is 2. The van der Waals surface area contributed by atoms with Gasteiger partial charge in [0.2, 0.25) is 0 Å². The Balaban J connectivity index is 1.38. The topological polar surface area (TPSA) is 77.8 Å². The Morgan fingerprint density at radius 2 is 2.06 bits per heavy atom. The molecule has 0 saturated heterocycles. The van der Waals surface area contributed by atoms with E-state index in [9.17, 15) is 0 Å². The molecule has 1 atom stereocenters. The van der Waals surface area contributed by atoms with Gasteiger partial charge in [0, 0.05) is 23.0 Å². The zero-order valence-electron chi connectivity index (χ0n) is 19.4. The molecular weight excluding hydrogens is 442 g/mol. The first-order valence-corrected chi connectivity index (χ1v) is 11.5. The third kappa shape index (κ3) is 5.58. The molecule has 1 aliphatic carbocycles. The van der Waals surface area contributed by atoms with Crippen LogP contribution in [0.2, 0.25) is 0 Å². The summed E-state index contributed by atoms with van der Waals surface area (Å²) in [5.74, 6) is 2.12. The van der Waals surface area contributed by atoms with Gasteiger partial charge in [0.25, 0.3) is 6.01 Å². The Kier molecular flexibility index (Phi) is 6.84. The second kappa shape index (κ2) is 10.7. The molecule has 0 amide bonds. The summed E-state index contributed by atoms with van der Waals surface area (Å²) in [4.78, 5) is 4.42. The molecule has 1 aromatic heterocycles. The van der Waals surface area contributed by atoms with Crippen molar-refractivity contribution < 1.29 is 18.6 Å². The fourth-order valence-electron chi connectivity index (χ4n) is 4.04. The van der Waals surface area contributed by atoms with Crippen LogP contribution in [0.3, 0.4) is 0 Å². The Morgan fingerprint density at radius 3 is 2.89 bits per heavy atom. The van der Waals surface area contributed by atoms with Crippen LogP contribution in [-0.4, -0.2) is 18.1 Å². The van der Waals surface area contributed by atoms with Gasteiger partial charge in [-0.1, -0.05) is 42.0 Å². The summed E-state index contributed by atoms with van der Waals surface area (Å²) in [7, 11) is 1.64. The number of nitrogens with zero attached hydrogens (tertiary/aromatic N) is 1. The Bertz CT molecular complexity index is 1290. The second-order valence-electron chi connectivity index (χ2n) is 8.17. The highest BCUT2D eigenvalue weighted by molar-refractivity contribution is 5.75. The molecule has 0 spiro atoms. The molecule has 5 rings (SSSR count). The molecule has 2 aromatic carbocycles. The van der Waals surface area contributed by atoms with Gasteiger partial charge in [-0.3, -0.25) is 0 Å². The molecule has 0 fully saturated rings. The van der Waals surface area contributed by atoms with Crippen molar-refractivity contribution in [1.29, 1.82) is 0 Å². The molecule has 35 heavy (non-hydrogen) atoms. The summed E-state index contributed by atoms with van der Waals surface area (Å²) in [5, 5.41) is 6.83. The van der Waals surface area contributed by atoms with Crippen molar-refractivity contribution in [1.82, 2.24) is 4.98 Å². The molecule has 0 radical (unpaired) electrons. The number of methoxy groups -OCH3 is 1. The molecule has 1 unspecified atom stereocenters. The average molecular weight is 470 g/mol. The highest BCUT2D eigenvalue weighted by Crippen LogP contribution is 2.33. The number of anilines is 3. The number of oxazole rings is 1. The largest absolute Gasteiger partial charge is 0.497 e. The molecule has 0 bridgehead atoms. The number of nitrogens with one attached hydrogen (secondary N) is 2. The van der Waals surface area contributed by atoms with E-state index < -0.39 is 0 Å². The fourth-order valence-corrected chi connectivity index (χ4v) is 4.04. The molecule has 2 heterocycles. The van der Waals surface area contributed by atoms with Crippen LogP contribution in [0.15, 0.2) is 107 Å². The predicted molar refractivity (Wildman–Crippen MR) is 136 cm³/mol. The van der Waals surface area contributed by atoms with Crippen LogP contribution in [0.4, 0.5) is 17.4 Å². The van der Waals surface area contributed by atoms with Gasteiger partial charge in [-0.15, -0.1) is 0 Å². The molecule has 7 nitrogen and oxygen atoms in total. The summed E-state index contributed by atoms with van der Waals surface area (Å²) in [6, 6.07) is 15.9. The molecule has 3 aromatic rings. The molecule has 178 valence electrons. The van der Waals surface area contributed by atoms with Crippen molar-refractivity contribution >= 4 is 17.4 Å². The van der Waals surface area contributed by atoms with E-state index >= 15 is 0 Å². The maximum Gasteiger partial charge on any atom is 0.299 e. The number of ether oxygens (including phenoxy) is 3. The number of allylic oxidation sites excluding steroid dienone is 3. The number of aromatic nitrogens is 1. The molecule has 7 heteroatoms. The van der Waals surface area contributed by atoms with E-state index in [2.05, 4.69) is 33.8 Å². The van der Waals surface area contributed by atoms with Gasteiger partial charge in [-0.2, -0.15) is 0 Å². The minimum Gasteiger partial charge on any atom is -0.497 e. The number of hydrogen-bond donors (Lipinski definition) is 2. The van der Waals surface area contributed by atoms with Crippen molar-refractivity contribution in [3.05, 3.63) is 103 Å².